The highest BCUT2D eigenvalue weighted by molar-refractivity contribution is 5.97. The number of carbonyl (C=O) groups is 3. The number of anilines is 1. The number of hydrogen-bond acceptors (Lipinski definition) is 3. The lowest BCUT2D eigenvalue weighted by Gasteiger charge is -2.23. The van der Waals surface area contributed by atoms with Gasteiger partial charge in [-0.05, 0) is 37.8 Å². The average Bonchev–Trinajstić information content (AvgIpc) is 3.05. The number of fused-ring (bicyclic) bond motifs is 1. The molecule has 1 aromatic carbocycles. The van der Waals surface area contributed by atoms with Crippen LogP contribution < -0.4 is 5.32 Å². The largest absolute Gasteiger partial charge is 0.481 e. The molecule has 1 aromatic rings. The molecule has 0 spiro atoms. The minimum absolute atomic E-state index is 0.0364. The molecular formula is C17H20N2O4. The first-order chi connectivity index (χ1) is 10.9. The Balaban J connectivity index is 1.72. The Morgan fingerprint density at radius 3 is 2.78 bits per heavy atom. The summed E-state index contributed by atoms with van der Waals surface area (Å²) in [7, 11) is 0. The van der Waals surface area contributed by atoms with Crippen molar-refractivity contribution in [3.63, 3.8) is 0 Å². The Kier molecular flexibility index (Phi) is 3.83. The molecule has 6 nitrogen and oxygen atoms in total. The minimum Gasteiger partial charge on any atom is -0.481 e. The molecule has 3 rings (SSSR count). The minimum atomic E-state index is -0.797. The van der Waals surface area contributed by atoms with E-state index in [1.807, 2.05) is 0 Å². The second-order valence-corrected chi connectivity index (χ2v) is 6.50. The van der Waals surface area contributed by atoms with Crippen molar-refractivity contribution in [2.45, 2.75) is 26.2 Å². The fourth-order valence-electron chi connectivity index (χ4n) is 3.81. The molecule has 1 heterocycles. The molecule has 1 saturated carbocycles. The SMILES string of the molecule is CC(=O)c1cccc(NC(=O)N2C[C@@H]3CCC[C@@]3(C(=O)O)C2)c1. The first kappa shape index (κ1) is 15.5. The van der Waals surface area contributed by atoms with E-state index < -0.39 is 11.4 Å². The number of aliphatic carboxylic acids is 1. The smallest absolute Gasteiger partial charge is 0.321 e. The Labute approximate surface area is 134 Å². The predicted octanol–water partition coefficient (Wildman–Crippen LogP) is 2.61. The van der Waals surface area contributed by atoms with Crippen LogP contribution in [0.2, 0.25) is 0 Å². The highest BCUT2D eigenvalue weighted by Gasteiger charge is 2.55. The van der Waals surface area contributed by atoms with Crippen molar-refractivity contribution in [2.75, 3.05) is 18.4 Å². The van der Waals surface area contributed by atoms with E-state index in [1.54, 1.807) is 29.2 Å². The third-order valence-electron chi connectivity index (χ3n) is 5.10. The maximum Gasteiger partial charge on any atom is 0.321 e. The first-order valence-electron chi connectivity index (χ1n) is 7.83. The van der Waals surface area contributed by atoms with Gasteiger partial charge in [0.2, 0.25) is 0 Å². The van der Waals surface area contributed by atoms with Crippen molar-refractivity contribution in [1.82, 2.24) is 4.90 Å². The van der Waals surface area contributed by atoms with Gasteiger partial charge in [0.1, 0.15) is 0 Å². The fraction of sp³-hybridized carbons (Fsp3) is 0.471. The maximum absolute atomic E-state index is 12.4. The molecule has 2 amide bonds. The molecule has 1 aliphatic heterocycles. The van der Waals surface area contributed by atoms with Crippen LogP contribution in [0, 0.1) is 11.3 Å². The van der Waals surface area contributed by atoms with Gasteiger partial charge in [-0.15, -0.1) is 0 Å². The van der Waals surface area contributed by atoms with Crippen molar-refractivity contribution < 1.29 is 19.5 Å². The summed E-state index contributed by atoms with van der Waals surface area (Å²) < 4.78 is 0. The number of carboxylic acids is 1. The lowest BCUT2D eigenvalue weighted by molar-refractivity contribution is -0.149. The van der Waals surface area contributed by atoms with Crippen LogP contribution in [-0.2, 0) is 4.79 Å². The number of amides is 2. The Morgan fingerprint density at radius 2 is 2.13 bits per heavy atom. The summed E-state index contributed by atoms with van der Waals surface area (Å²) in [6.45, 7) is 2.20. The molecule has 1 aliphatic carbocycles. The number of ketones is 1. The number of Topliss-reactive ketones (excluding diaryl/α,β-unsaturated/α-hetero) is 1. The van der Waals surface area contributed by atoms with Crippen molar-refractivity contribution in [1.29, 1.82) is 0 Å². The van der Waals surface area contributed by atoms with Crippen LogP contribution in [0.5, 0.6) is 0 Å². The van der Waals surface area contributed by atoms with Gasteiger partial charge >= 0.3 is 12.0 Å². The number of likely N-dealkylation sites (tertiary alicyclic amines) is 1. The summed E-state index contributed by atoms with van der Waals surface area (Å²) in [4.78, 5) is 37.1. The number of hydrogen-bond donors (Lipinski definition) is 2. The van der Waals surface area contributed by atoms with E-state index >= 15 is 0 Å². The van der Waals surface area contributed by atoms with E-state index in [0.29, 0.717) is 24.2 Å². The average molecular weight is 316 g/mol. The molecule has 0 radical (unpaired) electrons. The molecule has 0 bridgehead atoms. The zero-order valence-corrected chi connectivity index (χ0v) is 13.0. The summed E-state index contributed by atoms with van der Waals surface area (Å²) >= 11 is 0. The van der Waals surface area contributed by atoms with Gasteiger partial charge in [-0.3, -0.25) is 9.59 Å². The Hall–Kier alpha value is -2.37. The predicted molar refractivity (Wildman–Crippen MR) is 84.4 cm³/mol. The van der Waals surface area contributed by atoms with E-state index in [-0.39, 0.29) is 24.3 Å². The normalized spacial score (nSPS) is 26.0. The van der Waals surface area contributed by atoms with Crippen molar-refractivity contribution >= 4 is 23.5 Å². The molecule has 0 unspecified atom stereocenters. The van der Waals surface area contributed by atoms with Crippen molar-refractivity contribution in [3.8, 4) is 0 Å². The van der Waals surface area contributed by atoms with Gasteiger partial charge in [0, 0.05) is 24.3 Å². The van der Waals surface area contributed by atoms with Gasteiger partial charge < -0.3 is 15.3 Å². The lowest BCUT2D eigenvalue weighted by Crippen LogP contribution is -2.38. The lowest BCUT2D eigenvalue weighted by atomic mass is 9.81. The Bertz CT molecular complexity index is 672. The van der Waals surface area contributed by atoms with E-state index in [0.717, 1.165) is 12.8 Å². The highest BCUT2D eigenvalue weighted by atomic mass is 16.4. The van der Waals surface area contributed by atoms with Gasteiger partial charge in [-0.1, -0.05) is 18.6 Å². The molecule has 0 aromatic heterocycles. The molecule has 2 N–H and O–H groups in total. The van der Waals surface area contributed by atoms with Gasteiger partial charge in [0.15, 0.2) is 5.78 Å². The molecule has 2 fully saturated rings. The Morgan fingerprint density at radius 1 is 1.35 bits per heavy atom. The quantitative estimate of drug-likeness (QED) is 0.839. The molecular weight excluding hydrogens is 296 g/mol. The molecule has 122 valence electrons. The van der Waals surface area contributed by atoms with E-state index in [1.165, 1.54) is 6.92 Å². The number of carbonyl (C=O) groups excluding carboxylic acids is 2. The molecule has 6 heteroatoms. The van der Waals surface area contributed by atoms with Crippen LogP contribution in [0.25, 0.3) is 0 Å². The standard InChI is InChI=1S/C17H20N2O4/c1-11(20)12-4-2-6-14(8-12)18-16(23)19-9-13-5-3-7-17(13,10-19)15(21)22/h2,4,6,8,13H,3,5,7,9-10H2,1H3,(H,18,23)(H,21,22)/t13-,17+/m0/s1. The van der Waals surface area contributed by atoms with E-state index in [4.69, 9.17) is 0 Å². The maximum atomic E-state index is 12.4. The summed E-state index contributed by atoms with van der Waals surface area (Å²) in [5.41, 5.74) is 0.297. The van der Waals surface area contributed by atoms with Crippen LogP contribution in [0.15, 0.2) is 24.3 Å². The first-order valence-corrected chi connectivity index (χ1v) is 7.83. The zero-order chi connectivity index (χ0) is 16.6. The molecule has 23 heavy (non-hydrogen) atoms. The van der Waals surface area contributed by atoms with Gasteiger partial charge in [-0.25, -0.2) is 4.79 Å². The molecule has 2 atom stereocenters. The second-order valence-electron chi connectivity index (χ2n) is 6.50. The monoisotopic (exact) mass is 316 g/mol. The number of rotatable bonds is 3. The van der Waals surface area contributed by atoms with Gasteiger partial charge in [0.05, 0.1) is 5.41 Å². The number of benzene rings is 1. The van der Waals surface area contributed by atoms with Crippen LogP contribution in [0.3, 0.4) is 0 Å². The summed E-state index contributed by atoms with van der Waals surface area (Å²) in [6, 6.07) is 6.44. The number of nitrogens with one attached hydrogen (secondary N) is 1. The molecule has 2 aliphatic rings. The third-order valence-corrected chi connectivity index (χ3v) is 5.10. The van der Waals surface area contributed by atoms with E-state index in [2.05, 4.69) is 5.32 Å². The number of nitrogens with zero attached hydrogens (tertiary/aromatic N) is 1. The van der Waals surface area contributed by atoms with Crippen LogP contribution >= 0.6 is 0 Å². The van der Waals surface area contributed by atoms with Crippen LogP contribution in [0.4, 0.5) is 10.5 Å². The molecule has 1 saturated heterocycles. The second kappa shape index (κ2) is 5.68. The van der Waals surface area contributed by atoms with E-state index in [9.17, 15) is 19.5 Å². The van der Waals surface area contributed by atoms with Gasteiger partial charge in [-0.2, -0.15) is 0 Å². The summed E-state index contributed by atoms with van der Waals surface area (Å²) in [6.07, 6.45) is 2.40. The van der Waals surface area contributed by atoms with Gasteiger partial charge in [0.25, 0.3) is 0 Å². The van der Waals surface area contributed by atoms with Crippen molar-refractivity contribution in [2.24, 2.45) is 11.3 Å². The third kappa shape index (κ3) is 2.69. The fourth-order valence-corrected chi connectivity index (χ4v) is 3.81. The summed E-state index contributed by atoms with van der Waals surface area (Å²) in [5.74, 6) is -0.829. The number of carboxylic acid groups (broad SMARTS) is 1. The number of urea groups is 1. The zero-order valence-electron chi connectivity index (χ0n) is 13.0. The van der Waals surface area contributed by atoms with Crippen molar-refractivity contribution in [3.05, 3.63) is 29.8 Å². The van der Waals surface area contributed by atoms with Crippen LogP contribution in [0.1, 0.15) is 36.5 Å². The topological polar surface area (TPSA) is 86.7 Å². The highest BCUT2D eigenvalue weighted by Crippen LogP contribution is 2.48. The summed E-state index contributed by atoms with van der Waals surface area (Å²) in [5, 5.41) is 12.3. The van der Waals surface area contributed by atoms with Crippen LogP contribution in [-0.4, -0.2) is 40.9 Å².